The third kappa shape index (κ3) is 3.16. The van der Waals surface area contributed by atoms with E-state index in [4.69, 9.17) is 5.73 Å². The molecule has 0 unspecified atom stereocenters. The maximum atomic E-state index is 12.2. The third-order valence-electron chi connectivity index (χ3n) is 2.54. The molecule has 0 saturated carbocycles. The maximum Gasteiger partial charge on any atom is 0.242 e. The van der Waals surface area contributed by atoms with E-state index in [-0.39, 0.29) is 18.0 Å². The molecule has 0 aliphatic rings. The second-order valence-corrected chi connectivity index (χ2v) is 5.69. The van der Waals surface area contributed by atoms with Crippen LogP contribution < -0.4 is 10.5 Å². The second kappa shape index (κ2) is 5.47. The Bertz CT molecular complexity index is 665. The first-order valence-electron chi connectivity index (χ1n) is 5.65. The van der Waals surface area contributed by atoms with Gasteiger partial charge in [0.05, 0.1) is 17.9 Å². The Morgan fingerprint density at radius 2 is 2.21 bits per heavy atom. The molecule has 3 N–H and O–H groups in total. The minimum absolute atomic E-state index is 0.0701. The van der Waals surface area contributed by atoms with Crippen LogP contribution in [0.2, 0.25) is 0 Å². The Morgan fingerprint density at radius 1 is 1.42 bits per heavy atom. The highest BCUT2D eigenvalue weighted by atomic mass is 32.2. The monoisotopic (exact) mass is 281 g/mol. The topological polar surface area (TPSA) is 103 Å². The lowest BCUT2D eigenvalue weighted by atomic mass is 10.3. The van der Waals surface area contributed by atoms with Gasteiger partial charge < -0.3 is 5.73 Å². The van der Waals surface area contributed by atoms with Crippen molar-refractivity contribution in [3.63, 3.8) is 0 Å². The standard InChI is InChI=1S/C11H15N5O2S/c1-16-6-4-9(15-16)8-14-19(17,18)11-3-2-5-13-10(11)7-12/h2-6,14H,7-8,12H2,1H3. The first kappa shape index (κ1) is 13.7. The van der Waals surface area contributed by atoms with Gasteiger partial charge in [-0.2, -0.15) is 5.10 Å². The summed E-state index contributed by atoms with van der Waals surface area (Å²) in [4.78, 5) is 4.06. The van der Waals surface area contributed by atoms with Gasteiger partial charge in [0, 0.05) is 26.0 Å². The Hall–Kier alpha value is -1.77. The average molecular weight is 281 g/mol. The molecule has 19 heavy (non-hydrogen) atoms. The van der Waals surface area contributed by atoms with Crippen molar-refractivity contribution >= 4 is 10.0 Å². The normalized spacial score (nSPS) is 11.7. The van der Waals surface area contributed by atoms with Crippen molar-refractivity contribution < 1.29 is 8.42 Å². The number of nitrogens with one attached hydrogen (secondary N) is 1. The average Bonchev–Trinajstić information content (AvgIpc) is 2.82. The highest BCUT2D eigenvalue weighted by Gasteiger charge is 2.18. The lowest BCUT2D eigenvalue weighted by molar-refractivity contribution is 0.577. The number of nitrogens with two attached hydrogens (primary N) is 1. The molecule has 2 aromatic heterocycles. The minimum Gasteiger partial charge on any atom is -0.325 e. The van der Waals surface area contributed by atoms with Crippen molar-refractivity contribution in [1.82, 2.24) is 19.5 Å². The summed E-state index contributed by atoms with van der Waals surface area (Å²) in [7, 11) is -1.86. The van der Waals surface area contributed by atoms with Crippen LogP contribution in [0, 0.1) is 0 Å². The number of sulfonamides is 1. The van der Waals surface area contributed by atoms with E-state index in [9.17, 15) is 8.42 Å². The molecule has 0 aliphatic carbocycles. The van der Waals surface area contributed by atoms with Crippen molar-refractivity contribution in [1.29, 1.82) is 0 Å². The number of hydrogen-bond donors (Lipinski definition) is 2. The number of aryl methyl sites for hydroxylation is 1. The van der Waals surface area contributed by atoms with E-state index in [0.29, 0.717) is 11.4 Å². The fourth-order valence-electron chi connectivity index (χ4n) is 1.63. The molecule has 0 saturated heterocycles. The predicted octanol–water partition coefficient (Wildman–Crippen LogP) is -0.248. The third-order valence-corrected chi connectivity index (χ3v) is 4.02. The van der Waals surface area contributed by atoms with Crippen molar-refractivity contribution in [2.45, 2.75) is 18.0 Å². The molecule has 2 rings (SSSR count). The summed E-state index contributed by atoms with van der Waals surface area (Å²) in [5, 5.41) is 4.10. The molecule has 0 spiro atoms. The first-order chi connectivity index (χ1) is 9.03. The largest absolute Gasteiger partial charge is 0.325 e. The smallest absolute Gasteiger partial charge is 0.242 e. The molecule has 0 bridgehead atoms. The highest BCUT2D eigenvalue weighted by Crippen LogP contribution is 2.12. The molecule has 102 valence electrons. The molecule has 0 aromatic carbocycles. The molecule has 0 atom stereocenters. The van der Waals surface area contributed by atoms with E-state index in [1.165, 1.54) is 12.3 Å². The molecule has 7 nitrogen and oxygen atoms in total. The van der Waals surface area contributed by atoms with Crippen LogP contribution in [0.15, 0.2) is 35.5 Å². The maximum absolute atomic E-state index is 12.2. The lowest BCUT2D eigenvalue weighted by Crippen LogP contribution is -2.25. The summed E-state index contributed by atoms with van der Waals surface area (Å²) in [6.45, 7) is 0.197. The zero-order valence-corrected chi connectivity index (χ0v) is 11.3. The summed E-state index contributed by atoms with van der Waals surface area (Å²) in [6.07, 6.45) is 3.26. The van der Waals surface area contributed by atoms with Crippen LogP contribution in [0.25, 0.3) is 0 Å². The van der Waals surface area contributed by atoms with Gasteiger partial charge in [-0.3, -0.25) is 9.67 Å². The molecule has 0 aliphatic heterocycles. The Morgan fingerprint density at radius 3 is 2.84 bits per heavy atom. The van der Waals surface area contributed by atoms with E-state index >= 15 is 0 Å². The fraction of sp³-hybridized carbons (Fsp3) is 0.273. The van der Waals surface area contributed by atoms with Gasteiger partial charge in [0.1, 0.15) is 4.90 Å². The molecule has 2 heterocycles. The lowest BCUT2D eigenvalue weighted by Gasteiger charge is -2.08. The van der Waals surface area contributed by atoms with Crippen LogP contribution in [0.1, 0.15) is 11.4 Å². The highest BCUT2D eigenvalue weighted by molar-refractivity contribution is 7.89. The molecular formula is C11H15N5O2S. The number of hydrogen-bond acceptors (Lipinski definition) is 5. The Balaban J connectivity index is 2.18. The number of rotatable bonds is 5. The quantitative estimate of drug-likeness (QED) is 0.787. The van der Waals surface area contributed by atoms with Crippen LogP contribution in [-0.2, 0) is 30.2 Å². The number of aromatic nitrogens is 3. The van der Waals surface area contributed by atoms with Gasteiger partial charge in [-0.1, -0.05) is 0 Å². The molecule has 0 radical (unpaired) electrons. The number of nitrogens with zero attached hydrogens (tertiary/aromatic N) is 3. The molecule has 8 heteroatoms. The second-order valence-electron chi connectivity index (χ2n) is 3.96. The van der Waals surface area contributed by atoms with Gasteiger partial charge in [0.2, 0.25) is 10.0 Å². The first-order valence-corrected chi connectivity index (χ1v) is 7.13. The van der Waals surface area contributed by atoms with Gasteiger partial charge >= 0.3 is 0 Å². The van der Waals surface area contributed by atoms with E-state index in [1.807, 2.05) is 0 Å². The van der Waals surface area contributed by atoms with Crippen LogP contribution in [0.5, 0.6) is 0 Å². The van der Waals surface area contributed by atoms with E-state index < -0.39 is 10.0 Å². The minimum atomic E-state index is -3.63. The van der Waals surface area contributed by atoms with Gasteiger partial charge in [-0.05, 0) is 18.2 Å². The predicted molar refractivity (Wildman–Crippen MR) is 69.4 cm³/mol. The SMILES string of the molecule is Cn1ccc(CNS(=O)(=O)c2cccnc2CN)n1. The Labute approximate surface area is 111 Å². The van der Waals surface area contributed by atoms with Crippen LogP contribution in [0.3, 0.4) is 0 Å². The van der Waals surface area contributed by atoms with Gasteiger partial charge in [-0.25, -0.2) is 13.1 Å². The molecule has 2 aromatic rings. The molecule has 0 fully saturated rings. The summed E-state index contributed by atoms with van der Waals surface area (Å²) in [5.74, 6) is 0. The van der Waals surface area contributed by atoms with Gasteiger partial charge in [0.15, 0.2) is 0 Å². The van der Waals surface area contributed by atoms with Gasteiger partial charge in [-0.15, -0.1) is 0 Å². The van der Waals surface area contributed by atoms with Crippen molar-refractivity contribution in [2.75, 3.05) is 0 Å². The van der Waals surface area contributed by atoms with E-state index in [1.54, 1.807) is 30.1 Å². The summed E-state index contributed by atoms with van der Waals surface area (Å²) >= 11 is 0. The zero-order valence-electron chi connectivity index (χ0n) is 10.4. The van der Waals surface area contributed by atoms with Crippen molar-refractivity contribution in [3.8, 4) is 0 Å². The summed E-state index contributed by atoms with van der Waals surface area (Å²) in [6, 6.07) is 4.79. The van der Waals surface area contributed by atoms with Crippen LogP contribution >= 0.6 is 0 Å². The van der Waals surface area contributed by atoms with E-state index in [0.717, 1.165) is 0 Å². The van der Waals surface area contributed by atoms with Crippen LogP contribution in [0.4, 0.5) is 0 Å². The zero-order chi connectivity index (χ0) is 13.9. The van der Waals surface area contributed by atoms with Crippen LogP contribution in [-0.4, -0.2) is 23.2 Å². The number of pyridine rings is 1. The Kier molecular flexibility index (Phi) is 3.93. The van der Waals surface area contributed by atoms with Gasteiger partial charge in [0.25, 0.3) is 0 Å². The summed E-state index contributed by atoms with van der Waals surface area (Å²) in [5.41, 5.74) is 6.47. The molecule has 0 amide bonds. The van der Waals surface area contributed by atoms with Crippen molar-refractivity contribution in [2.24, 2.45) is 12.8 Å². The summed E-state index contributed by atoms with van der Waals surface area (Å²) < 4.78 is 28.4. The van der Waals surface area contributed by atoms with E-state index in [2.05, 4.69) is 14.8 Å². The van der Waals surface area contributed by atoms with Crippen molar-refractivity contribution in [3.05, 3.63) is 42.0 Å². The fourth-order valence-corrected chi connectivity index (χ4v) is 2.82. The molecular weight excluding hydrogens is 266 g/mol.